The van der Waals surface area contributed by atoms with Crippen molar-refractivity contribution < 1.29 is 0 Å². The Bertz CT molecular complexity index is 3210. The van der Waals surface area contributed by atoms with Crippen LogP contribution >= 0.6 is 11.3 Å². The highest BCUT2D eigenvalue weighted by atomic mass is 32.1. The highest BCUT2D eigenvalue weighted by Crippen LogP contribution is 2.48. The number of hydrogen-bond donors (Lipinski definition) is 0. The minimum absolute atomic E-state index is 1.10. The Kier molecular flexibility index (Phi) is 7.39. The molecule has 55 heavy (non-hydrogen) atoms. The molecule has 3 heteroatoms. The molecule has 0 atom stereocenters. The van der Waals surface area contributed by atoms with Gasteiger partial charge >= 0.3 is 0 Å². The molecule has 0 spiro atoms. The van der Waals surface area contributed by atoms with Gasteiger partial charge in [0.2, 0.25) is 0 Å². The van der Waals surface area contributed by atoms with Gasteiger partial charge in [0.25, 0.3) is 0 Å². The van der Waals surface area contributed by atoms with Crippen molar-refractivity contribution in [3.05, 3.63) is 206 Å². The second-order valence-electron chi connectivity index (χ2n) is 14.1. The van der Waals surface area contributed by atoms with Gasteiger partial charge < -0.3 is 9.47 Å². The number of para-hydroxylation sites is 2. The fourth-order valence-corrected chi connectivity index (χ4v) is 9.67. The summed E-state index contributed by atoms with van der Waals surface area (Å²) in [5.74, 6) is 0. The molecule has 11 rings (SSSR count). The van der Waals surface area contributed by atoms with Crippen LogP contribution in [0.4, 0.5) is 17.1 Å². The van der Waals surface area contributed by atoms with E-state index in [1.807, 2.05) is 11.3 Å². The van der Waals surface area contributed by atoms with Crippen molar-refractivity contribution in [2.45, 2.75) is 0 Å². The molecule has 0 saturated carbocycles. The third-order valence-corrected chi connectivity index (χ3v) is 12.2. The smallest absolute Gasteiger partial charge is 0.0640 e. The summed E-state index contributed by atoms with van der Waals surface area (Å²) < 4.78 is 5.05. The summed E-state index contributed by atoms with van der Waals surface area (Å²) in [5, 5.41) is 7.47. The first kappa shape index (κ1) is 31.6. The first-order valence-electron chi connectivity index (χ1n) is 18.8. The molecular weight excluding hydrogens is 685 g/mol. The van der Waals surface area contributed by atoms with Crippen LogP contribution in [0.3, 0.4) is 0 Å². The third-order valence-electron chi connectivity index (χ3n) is 11.0. The fourth-order valence-electron chi connectivity index (χ4n) is 8.47. The Balaban J connectivity index is 1.24. The van der Waals surface area contributed by atoms with Crippen LogP contribution in [0.25, 0.3) is 80.7 Å². The molecule has 0 amide bonds. The Labute approximate surface area is 323 Å². The summed E-state index contributed by atoms with van der Waals surface area (Å²) in [6, 6.07) is 75.3. The Morgan fingerprint density at radius 2 is 0.982 bits per heavy atom. The first-order valence-corrected chi connectivity index (χ1v) is 19.6. The molecule has 2 aromatic heterocycles. The van der Waals surface area contributed by atoms with E-state index in [4.69, 9.17) is 0 Å². The second kappa shape index (κ2) is 12.9. The number of hydrogen-bond acceptors (Lipinski definition) is 2. The highest BCUT2D eigenvalue weighted by molar-refractivity contribution is 7.26. The average molecular weight is 719 g/mol. The lowest BCUT2D eigenvalue weighted by molar-refractivity contribution is 1.18. The molecule has 0 aliphatic rings. The fraction of sp³-hybridized carbons (Fsp3) is 0. The summed E-state index contributed by atoms with van der Waals surface area (Å²) in [4.78, 5) is 2.49. The molecule has 0 aliphatic heterocycles. The van der Waals surface area contributed by atoms with Gasteiger partial charge in [0.1, 0.15) is 0 Å². The lowest BCUT2D eigenvalue weighted by Crippen LogP contribution is -2.11. The lowest BCUT2D eigenvalue weighted by atomic mass is 9.98. The van der Waals surface area contributed by atoms with Crippen molar-refractivity contribution in [1.82, 2.24) is 4.57 Å². The number of nitrogens with zero attached hydrogens (tertiary/aromatic N) is 2. The maximum atomic E-state index is 2.49. The molecule has 0 aliphatic carbocycles. The third kappa shape index (κ3) is 5.16. The standard InChI is InChI=1S/C52H34N2S/c1-3-16-35(17-4-1)40-22-9-12-26-46(40)53(48-28-15-25-44-43-24-11-14-29-51(43)55-52(44)48)39-30-31-42-41-23-10-13-27-47(41)54(50(42)34-39)49-33-38-21-8-7-20-37(38)32-45(49)36-18-5-2-6-19-36/h1-34H. The van der Waals surface area contributed by atoms with E-state index < -0.39 is 0 Å². The largest absolute Gasteiger partial charge is 0.309 e. The molecule has 9 aromatic carbocycles. The Morgan fingerprint density at radius 1 is 0.382 bits per heavy atom. The zero-order valence-corrected chi connectivity index (χ0v) is 30.7. The predicted octanol–water partition coefficient (Wildman–Crippen LogP) is 15.1. The molecule has 0 saturated heterocycles. The summed E-state index contributed by atoms with van der Waals surface area (Å²) in [6.45, 7) is 0. The minimum atomic E-state index is 1.10. The number of aromatic nitrogens is 1. The van der Waals surface area contributed by atoms with Gasteiger partial charge in [0.05, 0.1) is 32.8 Å². The number of fused-ring (bicyclic) bond motifs is 7. The molecular formula is C52H34N2S. The van der Waals surface area contributed by atoms with Gasteiger partial charge in [-0.05, 0) is 70.4 Å². The number of anilines is 3. The maximum Gasteiger partial charge on any atom is 0.0640 e. The Morgan fingerprint density at radius 3 is 1.80 bits per heavy atom. The lowest BCUT2D eigenvalue weighted by Gasteiger charge is -2.28. The van der Waals surface area contributed by atoms with Gasteiger partial charge in [-0.3, -0.25) is 0 Å². The minimum Gasteiger partial charge on any atom is -0.309 e. The van der Waals surface area contributed by atoms with Crippen LogP contribution in [-0.2, 0) is 0 Å². The van der Waals surface area contributed by atoms with E-state index >= 15 is 0 Å². The van der Waals surface area contributed by atoms with E-state index in [-0.39, 0.29) is 0 Å². The quantitative estimate of drug-likeness (QED) is 0.166. The van der Waals surface area contributed by atoms with Crippen molar-refractivity contribution in [3.63, 3.8) is 0 Å². The van der Waals surface area contributed by atoms with Crippen LogP contribution in [0, 0.1) is 0 Å². The van der Waals surface area contributed by atoms with Crippen LogP contribution < -0.4 is 4.90 Å². The number of thiophene rings is 1. The summed E-state index contributed by atoms with van der Waals surface area (Å²) in [7, 11) is 0. The maximum absolute atomic E-state index is 2.49. The zero-order valence-electron chi connectivity index (χ0n) is 29.9. The van der Waals surface area contributed by atoms with E-state index in [9.17, 15) is 0 Å². The number of benzene rings is 9. The van der Waals surface area contributed by atoms with Crippen molar-refractivity contribution in [2.75, 3.05) is 4.90 Å². The summed E-state index contributed by atoms with van der Waals surface area (Å²) >= 11 is 1.87. The molecule has 11 aromatic rings. The van der Waals surface area contributed by atoms with Crippen molar-refractivity contribution in [3.8, 4) is 27.9 Å². The van der Waals surface area contributed by atoms with Crippen molar-refractivity contribution >= 4 is 81.1 Å². The Hall–Kier alpha value is -6.94. The van der Waals surface area contributed by atoms with Gasteiger partial charge in [0, 0.05) is 43.1 Å². The van der Waals surface area contributed by atoms with Gasteiger partial charge in [-0.25, -0.2) is 0 Å². The highest BCUT2D eigenvalue weighted by Gasteiger charge is 2.23. The van der Waals surface area contributed by atoms with E-state index in [1.54, 1.807) is 0 Å². The van der Waals surface area contributed by atoms with Crippen LogP contribution in [0.5, 0.6) is 0 Å². The zero-order chi connectivity index (χ0) is 36.3. The summed E-state index contributed by atoms with van der Waals surface area (Å²) in [5.41, 5.74) is 11.7. The monoisotopic (exact) mass is 718 g/mol. The van der Waals surface area contributed by atoms with Gasteiger partial charge in [-0.1, -0.05) is 158 Å². The summed E-state index contributed by atoms with van der Waals surface area (Å²) in [6.07, 6.45) is 0. The van der Waals surface area contributed by atoms with Crippen LogP contribution in [0.15, 0.2) is 206 Å². The van der Waals surface area contributed by atoms with Crippen LogP contribution in [0.2, 0.25) is 0 Å². The first-order chi connectivity index (χ1) is 27.3. The van der Waals surface area contributed by atoms with Gasteiger partial charge in [-0.15, -0.1) is 11.3 Å². The van der Waals surface area contributed by atoms with E-state index in [0.29, 0.717) is 0 Å². The van der Waals surface area contributed by atoms with E-state index in [0.717, 1.165) is 22.6 Å². The SMILES string of the molecule is c1ccc(-c2ccccc2N(c2ccc3c4ccccc4n(-c4cc5ccccc5cc4-c4ccccc4)c3c2)c2cccc3c2sc2ccccc23)cc1. The van der Waals surface area contributed by atoms with E-state index in [2.05, 4.69) is 216 Å². The second-order valence-corrected chi connectivity index (χ2v) is 15.2. The molecule has 0 radical (unpaired) electrons. The van der Waals surface area contributed by atoms with Gasteiger partial charge in [0.15, 0.2) is 0 Å². The average Bonchev–Trinajstić information content (AvgIpc) is 3.80. The molecule has 2 nitrogen and oxygen atoms in total. The predicted molar refractivity (Wildman–Crippen MR) is 237 cm³/mol. The van der Waals surface area contributed by atoms with Crippen LogP contribution in [-0.4, -0.2) is 4.57 Å². The molecule has 0 bridgehead atoms. The topological polar surface area (TPSA) is 8.17 Å². The van der Waals surface area contributed by atoms with Crippen molar-refractivity contribution in [2.24, 2.45) is 0 Å². The van der Waals surface area contributed by atoms with Crippen LogP contribution in [0.1, 0.15) is 0 Å². The molecule has 0 N–H and O–H groups in total. The molecule has 0 fully saturated rings. The molecule has 0 unspecified atom stereocenters. The van der Waals surface area contributed by atoms with E-state index in [1.165, 1.54) is 75.2 Å². The molecule has 258 valence electrons. The van der Waals surface area contributed by atoms with Crippen molar-refractivity contribution in [1.29, 1.82) is 0 Å². The molecule has 2 heterocycles. The normalized spacial score (nSPS) is 11.6. The number of rotatable bonds is 6. The van der Waals surface area contributed by atoms with Gasteiger partial charge in [-0.2, -0.15) is 0 Å².